The molecule has 4 rings (SSSR count). The third-order valence-electron chi connectivity index (χ3n) is 6.82. The van der Waals surface area contributed by atoms with Gasteiger partial charge in [-0.15, -0.1) is 0 Å². The fourth-order valence-electron chi connectivity index (χ4n) is 5.34. The Bertz CT molecular complexity index is 1420. The maximum absolute atomic E-state index is 15.7. The van der Waals surface area contributed by atoms with Gasteiger partial charge >= 0.3 is 0 Å². The van der Waals surface area contributed by atoms with Gasteiger partial charge in [-0.3, -0.25) is 4.79 Å². The first-order valence-electron chi connectivity index (χ1n) is 12.0. The minimum absolute atomic E-state index is 0.0218. The van der Waals surface area contributed by atoms with Crippen molar-refractivity contribution in [2.45, 2.75) is 50.6 Å². The summed E-state index contributed by atoms with van der Waals surface area (Å²) in [6.45, 7) is 5.93. The molecule has 0 radical (unpaired) electrons. The van der Waals surface area contributed by atoms with Gasteiger partial charge in [-0.1, -0.05) is 79.8 Å². The van der Waals surface area contributed by atoms with Crippen LogP contribution in [-0.2, 0) is 10.2 Å². The molecule has 3 aromatic rings. The molecular formula is C29H26Cl3F2N3O. The Hall–Kier alpha value is -2.69. The normalized spacial score (nSPS) is 23.2. The number of hydrogen-bond acceptors (Lipinski definition) is 3. The van der Waals surface area contributed by atoms with E-state index >= 15 is 8.78 Å². The van der Waals surface area contributed by atoms with E-state index in [1.54, 1.807) is 30.3 Å². The van der Waals surface area contributed by atoms with Crippen LogP contribution >= 0.6 is 34.8 Å². The summed E-state index contributed by atoms with van der Waals surface area (Å²) in [5.74, 6) is -3.16. The van der Waals surface area contributed by atoms with Gasteiger partial charge in [0.1, 0.15) is 17.0 Å². The largest absolute Gasteiger partial charge is 0.325 e. The highest BCUT2D eigenvalue weighted by Crippen LogP contribution is 2.52. The van der Waals surface area contributed by atoms with Crippen LogP contribution in [0.3, 0.4) is 0 Å². The third kappa shape index (κ3) is 5.39. The zero-order chi connectivity index (χ0) is 27.8. The Morgan fingerprint density at radius 1 is 1.05 bits per heavy atom. The topological polar surface area (TPSA) is 64.9 Å². The molecule has 1 aliphatic rings. The molecule has 4 nitrogen and oxygen atoms in total. The number of carbonyl (C=O) groups excluding carboxylic acids is 1. The van der Waals surface area contributed by atoms with Crippen LogP contribution in [0, 0.1) is 28.4 Å². The summed E-state index contributed by atoms with van der Waals surface area (Å²) < 4.78 is 31.3. The molecule has 4 unspecified atom stereocenters. The van der Waals surface area contributed by atoms with Gasteiger partial charge < -0.3 is 10.6 Å². The Balaban J connectivity index is 1.97. The molecule has 3 aromatic carbocycles. The molecule has 1 amide bonds. The van der Waals surface area contributed by atoms with Crippen molar-refractivity contribution in [2.75, 3.05) is 5.32 Å². The lowest BCUT2D eigenvalue weighted by atomic mass is 9.62. The van der Waals surface area contributed by atoms with E-state index in [0.29, 0.717) is 17.1 Å². The number of carbonyl (C=O) groups is 1. The number of halogens is 5. The summed E-state index contributed by atoms with van der Waals surface area (Å²) in [5.41, 5.74) is -1.55. The van der Waals surface area contributed by atoms with Gasteiger partial charge in [-0.05, 0) is 53.8 Å². The maximum atomic E-state index is 15.7. The lowest BCUT2D eigenvalue weighted by Crippen LogP contribution is -2.45. The summed E-state index contributed by atoms with van der Waals surface area (Å²) in [6.07, 6.45) is 0.377. The highest BCUT2D eigenvalue weighted by Gasteiger charge is 2.61. The third-order valence-corrected chi connectivity index (χ3v) is 7.59. The Kier molecular flexibility index (Phi) is 8.07. The average molecular weight is 577 g/mol. The number of hydrogen-bond donors (Lipinski definition) is 2. The minimum Gasteiger partial charge on any atom is -0.325 e. The van der Waals surface area contributed by atoms with Crippen molar-refractivity contribution in [3.63, 3.8) is 0 Å². The highest BCUT2D eigenvalue weighted by atomic mass is 35.5. The van der Waals surface area contributed by atoms with Crippen molar-refractivity contribution in [1.29, 1.82) is 5.26 Å². The van der Waals surface area contributed by atoms with Gasteiger partial charge in [0.05, 0.1) is 17.1 Å². The molecule has 0 aliphatic carbocycles. The quantitative estimate of drug-likeness (QED) is 0.325. The lowest BCUT2D eigenvalue weighted by Gasteiger charge is -2.37. The molecule has 0 bridgehead atoms. The second-order valence-electron chi connectivity index (χ2n) is 10.7. The van der Waals surface area contributed by atoms with Crippen LogP contribution < -0.4 is 10.6 Å². The molecule has 0 saturated carbocycles. The summed E-state index contributed by atoms with van der Waals surface area (Å²) in [7, 11) is 0. The number of nitrogens with one attached hydrogen (secondary N) is 2. The predicted molar refractivity (Wildman–Crippen MR) is 148 cm³/mol. The smallest absolute Gasteiger partial charge is 0.242 e. The molecule has 0 spiro atoms. The van der Waals surface area contributed by atoms with Crippen LogP contribution in [0.15, 0.2) is 60.7 Å². The standard InChI is InChI=1S/C29H26Cl3F2N3O/c1-28(2,3)14-23-29(15-35,20-11-10-17(31)13-22(20)33)24(19-8-5-9-21(32)25(19)34)26(37-23)27(38)36-18-7-4-6-16(30)12-18/h4-13,23-24,26,37H,14H2,1-3H3,(H,36,38). The monoisotopic (exact) mass is 575 g/mol. The second-order valence-corrected chi connectivity index (χ2v) is 12.0. The lowest BCUT2D eigenvalue weighted by molar-refractivity contribution is -0.118. The van der Waals surface area contributed by atoms with E-state index < -0.39 is 41.0 Å². The van der Waals surface area contributed by atoms with Crippen molar-refractivity contribution in [3.8, 4) is 6.07 Å². The van der Waals surface area contributed by atoms with E-state index in [9.17, 15) is 10.1 Å². The van der Waals surface area contributed by atoms with E-state index in [4.69, 9.17) is 34.8 Å². The fraction of sp³-hybridized carbons (Fsp3) is 0.310. The van der Waals surface area contributed by atoms with Gasteiger partial charge in [0.15, 0.2) is 0 Å². The van der Waals surface area contributed by atoms with E-state index in [1.165, 1.54) is 24.3 Å². The van der Waals surface area contributed by atoms with Crippen LogP contribution in [0.5, 0.6) is 0 Å². The van der Waals surface area contributed by atoms with Crippen molar-refractivity contribution in [1.82, 2.24) is 5.32 Å². The van der Waals surface area contributed by atoms with Gasteiger partial charge in [0.25, 0.3) is 0 Å². The molecule has 9 heteroatoms. The van der Waals surface area contributed by atoms with Gasteiger partial charge in [0, 0.05) is 33.3 Å². The summed E-state index contributed by atoms with van der Waals surface area (Å²) in [5, 5.41) is 17.4. The van der Waals surface area contributed by atoms with E-state index in [-0.39, 0.29) is 26.6 Å². The molecule has 1 heterocycles. The SMILES string of the molecule is CC(C)(C)CC1NC(C(=O)Nc2cccc(Cl)c2)C(c2cccc(Cl)c2F)C1(C#N)c1ccc(Cl)cc1F. The molecule has 4 atom stereocenters. The minimum atomic E-state index is -1.69. The van der Waals surface area contributed by atoms with Crippen LogP contribution in [0.4, 0.5) is 14.5 Å². The summed E-state index contributed by atoms with van der Waals surface area (Å²) in [4.78, 5) is 13.8. The molecule has 2 N–H and O–H groups in total. The summed E-state index contributed by atoms with van der Waals surface area (Å²) in [6, 6.07) is 15.5. The number of benzene rings is 3. The molecule has 0 aromatic heterocycles. The first-order chi connectivity index (χ1) is 17.9. The van der Waals surface area contributed by atoms with E-state index in [1.807, 2.05) is 20.8 Å². The van der Waals surface area contributed by atoms with E-state index in [2.05, 4.69) is 16.7 Å². The van der Waals surface area contributed by atoms with Gasteiger partial charge in [-0.2, -0.15) is 5.26 Å². The first kappa shape index (κ1) is 28.3. The maximum Gasteiger partial charge on any atom is 0.242 e. The van der Waals surface area contributed by atoms with Crippen molar-refractivity contribution < 1.29 is 13.6 Å². The van der Waals surface area contributed by atoms with Crippen molar-refractivity contribution in [3.05, 3.63) is 98.5 Å². The van der Waals surface area contributed by atoms with Crippen LogP contribution in [0.25, 0.3) is 0 Å². The fourth-order valence-corrected chi connectivity index (χ4v) is 5.87. The van der Waals surface area contributed by atoms with Crippen LogP contribution in [-0.4, -0.2) is 18.0 Å². The van der Waals surface area contributed by atoms with Crippen molar-refractivity contribution >= 4 is 46.4 Å². The molecule has 1 aliphatic heterocycles. The molecule has 198 valence electrons. The zero-order valence-electron chi connectivity index (χ0n) is 21.0. The second kappa shape index (κ2) is 10.8. The molecule has 38 heavy (non-hydrogen) atoms. The molecular weight excluding hydrogens is 551 g/mol. The Morgan fingerprint density at radius 2 is 1.74 bits per heavy atom. The highest BCUT2D eigenvalue weighted by molar-refractivity contribution is 6.31. The van der Waals surface area contributed by atoms with Crippen LogP contribution in [0.1, 0.15) is 44.2 Å². The average Bonchev–Trinajstić information content (AvgIpc) is 3.14. The summed E-state index contributed by atoms with van der Waals surface area (Å²) >= 11 is 18.3. The Labute approximate surface area is 235 Å². The number of anilines is 1. The number of nitrogens with zero attached hydrogens (tertiary/aromatic N) is 1. The first-order valence-corrected chi connectivity index (χ1v) is 13.1. The predicted octanol–water partition coefficient (Wildman–Crippen LogP) is 7.89. The molecule has 1 fully saturated rings. The van der Waals surface area contributed by atoms with Crippen molar-refractivity contribution in [2.24, 2.45) is 5.41 Å². The zero-order valence-corrected chi connectivity index (χ0v) is 23.2. The number of amides is 1. The molecule has 1 saturated heterocycles. The number of rotatable bonds is 5. The Morgan fingerprint density at radius 3 is 2.37 bits per heavy atom. The van der Waals surface area contributed by atoms with E-state index in [0.717, 1.165) is 6.07 Å². The van der Waals surface area contributed by atoms with Gasteiger partial charge in [0.2, 0.25) is 5.91 Å². The number of nitriles is 1. The van der Waals surface area contributed by atoms with Gasteiger partial charge in [-0.25, -0.2) is 8.78 Å². The van der Waals surface area contributed by atoms with Crippen LogP contribution in [0.2, 0.25) is 15.1 Å².